The molecule has 0 spiro atoms. The minimum atomic E-state index is -0.380. The van der Waals surface area contributed by atoms with E-state index in [1.54, 1.807) is 6.07 Å². The van der Waals surface area contributed by atoms with Crippen molar-refractivity contribution in [3.63, 3.8) is 0 Å². The van der Waals surface area contributed by atoms with E-state index < -0.39 is 0 Å². The van der Waals surface area contributed by atoms with Crippen LogP contribution in [-0.4, -0.2) is 10.9 Å². The summed E-state index contributed by atoms with van der Waals surface area (Å²) in [7, 11) is 0. The van der Waals surface area contributed by atoms with E-state index in [1.165, 1.54) is 11.6 Å². The first kappa shape index (κ1) is 14.8. The van der Waals surface area contributed by atoms with Gasteiger partial charge in [0.1, 0.15) is 10.8 Å². The molecule has 0 radical (unpaired) electrons. The molecule has 0 aliphatic carbocycles. The van der Waals surface area contributed by atoms with Crippen molar-refractivity contribution in [3.8, 4) is 0 Å². The lowest BCUT2D eigenvalue weighted by Crippen LogP contribution is -2.14. The third-order valence-electron chi connectivity index (χ3n) is 2.86. The molecule has 104 valence electrons. The first-order chi connectivity index (χ1) is 9.47. The van der Waals surface area contributed by atoms with Crippen LogP contribution in [0, 0.1) is 0 Å². The number of anilines is 1. The smallest absolute Gasteiger partial charge is 0.275 e. The Balaban J connectivity index is 2.17. The lowest BCUT2D eigenvalue weighted by molar-refractivity contribution is 0.102. The minimum Gasteiger partial charge on any atom is -0.321 e. The number of rotatable bonds is 3. The second-order valence-electron chi connectivity index (χ2n) is 4.70. The van der Waals surface area contributed by atoms with Gasteiger partial charge in [0.25, 0.3) is 5.91 Å². The lowest BCUT2D eigenvalue weighted by atomic mass is 10.0. The maximum atomic E-state index is 12.1. The van der Waals surface area contributed by atoms with Crippen molar-refractivity contribution >= 4 is 34.8 Å². The quantitative estimate of drug-likeness (QED) is 0.830. The molecule has 2 rings (SSSR count). The molecule has 1 aromatic carbocycles. The van der Waals surface area contributed by atoms with Gasteiger partial charge >= 0.3 is 0 Å². The van der Waals surface area contributed by atoms with Gasteiger partial charge in [-0.2, -0.15) is 0 Å². The number of amides is 1. The number of aromatic nitrogens is 1. The van der Waals surface area contributed by atoms with Crippen molar-refractivity contribution < 1.29 is 4.79 Å². The molecule has 5 heteroatoms. The molecule has 1 heterocycles. The van der Waals surface area contributed by atoms with Crippen molar-refractivity contribution in [2.24, 2.45) is 0 Å². The van der Waals surface area contributed by atoms with Crippen LogP contribution in [-0.2, 0) is 0 Å². The Morgan fingerprint density at radius 3 is 2.35 bits per heavy atom. The van der Waals surface area contributed by atoms with Gasteiger partial charge in [-0.1, -0.05) is 49.2 Å². The maximum Gasteiger partial charge on any atom is 0.275 e. The average molecular weight is 309 g/mol. The predicted molar refractivity (Wildman–Crippen MR) is 82.7 cm³/mol. The van der Waals surface area contributed by atoms with Crippen LogP contribution in [0.5, 0.6) is 0 Å². The Bertz CT molecular complexity index is 624. The Labute approximate surface area is 127 Å². The molecule has 0 bridgehead atoms. The Hall–Kier alpha value is -1.58. The molecule has 1 amide bonds. The molecular formula is C15H14Cl2N2O. The molecule has 3 nitrogen and oxygen atoms in total. The van der Waals surface area contributed by atoms with Crippen LogP contribution in [0.15, 0.2) is 36.4 Å². The van der Waals surface area contributed by atoms with Crippen molar-refractivity contribution in [2.45, 2.75) is 19.8 Å². The van der Waals surface area contributed by atoms with E-state index in [1.807, 2.05) is 24.3 Å². The summed E-state index contributed by atoms with van der Waals surface area (Å²) in [6, 6.07) is 10.8. The summed E-state index contributed by atoms with van der Waals surface area (Å²) >= 11 is 11.7. The summed E-state index contributed by atoms with van der Waals surface area (Å²) < 4.78 is 0. The highest BCUT2D eigenvalue weighted by molar-refractivity contribution is 6.35. The Morgan fingerprint density at radius 2 is 1.75 bits per heavy atom. The monoisotopic (exact) mass is 308 g/mol. The van der Waals surface area contributed by atoms with Gasteiger partial charge in [-0.3, -0.25) is 4.79 Å². The number of nitrogens with one attached hydrogen (secondary N) is 1. The van der Waals surface area contributed by atoms with Gasteiger partial charge in [0.05, 0.1) is 5.02 Å². The molecular weight excluding hydrogens is 295 g/mol. The summed E-state index contributed by atoms with van der Waals surface area (Å²) in [5.41, 5.74) is 2.02. The zero-order valence-corrected chi connectivity index (χ0v) is 12.7. The predicted octanol–water partition coefficient (Wildman–Crippen LogP) is 4.76. The topological polar surface area (TPSA) is 42.0 Å². The molecule has 1 N–H and O–H groups in total. The molecule has 0 aliphatic heterocycles. The standard InChI is InChI=1S/C15H14Cl2N2O/c1-9(2)10-3-5-11(6-4-10)18-15(20)14-12(16)7-8-13(17)19-14/h3-9H,1-2H3,(H,18,20). The summed E-state index contributed by atoms with van der Waals surface area (Å²) in [5.74, 6) is 0.0681. The molecule has 0 atom stereocenters. The van der Waals surface area contributed by atoms with Crippen molar-refractivity contribution in [1.82, 2.24) is 4.98 Å². The molecule has 0 fully saturated rings. The highest BCUT2D eigenvalue weighted by atomic mass is 35.5. The second kappa shape index (κ2) is 6.25. The van der Waals surface area contributed by atoms with E-state index in [-0.39, 0.29) is 21.8 Å². The second-order valence-corrected chi connectivity index (χ2v) is 5.49. The van der Waals surface area contributed by atoms with E-state index in [0.717, 1.165) is 0 Å². The fourth-order valence-corrected chi connectivity index (χ4v) is 2.06. The van der Waals surface area contributed by atoms with Crippen LogP contribution in [0.2, 0.25) is 10.2 Å². The van der Waals surface area contributed by atoms with Gasteiger partial charge in [-0.25, -0.2) is 4.98 Å². The zero-order valence-electron chi connectivity index (χ0n) is 11.2. The number of halogens is 2. The highest BCUT2D eigenvalue weighted by Crippen LogP contribution is 2.20. The molecule has 0 unspecified atom stereocenters. The van der Waals surface area contributed by atoms with Gasteiger partial charge in [-0.15, -0.1) is 0 Å². The molecule has 1 aromatic heterocycles. The van der Waals surface area contributed by atoms with Gasteiger partial charge in [0.2, 0.25) is 0 Å². The van der Waals surface area contributed by atoms with E-state index >= 15 is 0 Å². The largest absolute Gasteiger partial charge is 0.321 e. The Kier molecular flexibility index (Phi) is 4.63. The van der Waals surface area contributed by atoms with E-state index in [9.17, 15) is 4.79 Å². The van der Waals surface area contributed by atoms with Gasteiger partial charge in [-0.05, 0) is 35.7 Å². The van der Waals surface area contributed by atoms with Gasteiger partial charge in [0, 0.05) is 5.69 Å². The van der Waals surface area contributed by atoms with Gasteiger partial charge < -0.3 is 5.32 Å². The van der Waals surface area contributed by atoms with Crippen molar-refractivity contribution in [1.29, 1.82) is 0 Å². The number of hydrogen-bond acceptors (Lipinski definition) is 2. The summed E-state index contributed by atoms with van der Waals surface area (Å²) in [4.78, 5) is 16.0. The molecule has 0 saturated heterocycles. The normalized spacial score (nSPS) is 10.7. The van der Waals surface area contributed by atoms with Crippen LogP contribution in [0.25, 0.3) is 0 Å². The summed E-state index contributed by atoms with van der Waals surface area (Å²) in [6.45, 7) is 4.23. The van der Waals surface area contributed by atoms with Crippen LogP contribution >= 0.6 is 23.2 Å². The first-order valence-electron chi connectivity index (χ1n) is 6.20. The number of nitrogens with zero attached hydrogens (tertiary/aromatic N) is 1. The third-order valence-corrected chi connectivity index (χ3v) is 3.38. The third kappa shape index (κ3) is 3.50. The van der Waals surface area contributed by atoms with Crippen molar-refractivity contribution in [3.05, 3.63) is 57.8 Å². The molecule has 2 aromatic rings. The van der Waals surface area contributed by atoms with Gasteiger partial charge in [0.15, 0.2) is 0 Å². The van der Waals surface area contributed by atoms with Crippen LogP contribution in [0.3, 0.4) is 0 Å². The van der Waals surface area contributed by atoms with E-state index in [0.29, 0.717) is 11.6 Å². The number of carbonyl (C=O) groups excluding carboxylic acids is 1. The fourth-order valence-electron chi connectivity index (χ4n) is 1.72. The lowest BCUT2D eigenvalue weighted by Gasteiger charge is -2.09. The van der Waals surface area contributed by atoms with Crippen LogP contribution in [0.1, 0.15) is 35.8 Å². The maximum absolute atomic E-state index is 12.1. The summed E-state index contributed by atoms with van der Waals surface area (Å²) in [6.07, 6.45) is 0. The average Bonchev–Trinajstić information content (AvgIpc) is 2.42. The molecule has 0 saturated carbocycles. The zero-order chi connectivity index (χ0) is 14.7. The number of benzene rings is 1. The number of hydrogen-bond donors (Lipinski definition) is 1. The van der Waals surface area contributed by atoms with Crippen molar-refractivity contribution in [2.75, 3.05) is 5.32 Å². The van der Waals surface area contributed by atoms with E-state index in [4.69, 9.17) is 23.2 Å². The summed E-state index contributed by atoms with van der Waals surface area (Å²) in [5, 5.41) is 3.25. The van der Waals surface area contributed by atoms with Crippen LogP contribution in [0.4, 0.5) is 5.69 Å². The minimum absolute atomic E-state index is 0.118. The fraction of sp³-hybridized carbons (Fsp3) is 0.200. The SMILES string of the molecule is CC(C)c1ccc(NC(=O)c2nc(Cl)ccc2Cl)cc1. The first-order valence-corrected chi connectivity index (χ1v) is 6.96. The van der Waals surface area contributed by atoms with E-state index in [2.05, 4.69) is 24.1 Å². The number of carbonyl (C=O) groups is 1. The highest BCUT2D eigenvalue weighted by Gasteiger charge is 2.13. The van der Waals surface area contributed by atoms with Crippen LogP contribution < -0.4 is 5.32 Å². The Morgan fingerprint density at radius 1 is 1.10 bits per heavy atom. The molecule has 20 heavy (non-hydrogen) atoms. The molecule has 0 aliphatic rings. The number of pyridine rings is 1.